The zero-order valence-corrected chi connectivity index (χ0v) is 15.8. The number of carbonyl (C=O) groups excluding carboxylic acids is 2. The number of nitriles is 1. The van der Waals surface area contributed by atoms with Gasteiger partial charge in [-0.15, -0.1) is 0 Å². The topological polar surface area (TPSA) is 99.2 Å². The van der Waals surface area contributed by atoms with Crippen LogP contribution in [0.2, 0.25) is 0 Å². The molecular formula is C22H24N4O2. The molecule has 144 valence electrons. The van der Waals surface area contributed by atoms with Crippen molar-refractivity contribution < 1.29 is 9.59 Å². The number of primary amides is 1. The van der Waals surface area contributed by atoms with Crippen molar-refractivity contribution in [2.75, 3.05) is 23.3 Å². The highest BCUT2D eigenvalue weighted by molar-refractivity contribution is 5.99. The van der Waals surface area contributed by atoms with Gasteiger partial charge < -0.3 is 16.0 Å². The van der Waals surface area contributed by atoms with E-state index in [2.05, 4.69) is 16.3 Å². The summed E-state index contributed by atoms with van der Waals surface area (Å²) in [6, 6.07) is 14.5. The molecule has 0 unspecified atom stereocenters. The van der Waals surface area contributed by atoms with E-state index in [-0.39, 0.29) is 5.91 Å². The minimum absolute atomic E-state index is 0.121. The van der Waals surface area contributed by atoms with E-state index in [0.717, 1.165) is 37.2 Å². The lowest BCUT2D eigenvalue weighted by Gasteiger charge is -2.30. The lowest BCUT2D eigenvalue weighted by atomic mass is 10.1. The van der Waals surface area contributed by atoms with Crippen molar-refractivity contribution in [3.63, 3.8) is 0 Å². The van der Waals surface area contributed by atoms with Crippen LogP contribution in [0.5, 0.6) is 0 Å². The maximum absolute atomic E-state index is 12.5. The normalized spacial score (nSPS) is 13.6. The van der Waals surface area contributed by atoms with Gasteiger partial charge in [0.1, 0.15) is 0 Å². The number of nitrogens with one attached hydrogen (secondary N) is 1. The second-order valence-electron chi connectivity index (χ2n) is 7.00. The molecule has 0 aromatic heterocycles. The third-order valence-electron chi connectivity index (χ3n) is 4.98. The molecule has 0 saturated carbocycles. The van der Waals surface area contributed by atoms with E-state index >= 15 is 0 Å². The van der Waals surface area contributed by atoms with E-state index in [1.54, 1.807) is 24.3 Å². The highest BCUT2D eigenvalue weighted by Crippen LogP contribution is 2.30. The van der Waals surface area contributed by atoms with Crippen molar-refractivity contribution in [2.24, 2.45) is 5.73 Å². The molecule has 0 aliphatic carbocycles. The Balaban J connectivity index is 1.71. The van der Waals surface area contributed by atoms with Crippen LogP contribution < -0.4 is 16.0 Å². The standard InChI is InChI=1S/C22H24N4O2/c23-15-17-6-4-16(5-7-17)8-11-21(27)25-19-14-18(22(24)28)9-10-20(19)26-12-2-1-3-13-26/h4-7,9-10,14H,1-3,8,11-13H2,(H2,24,28)(H,25,27). The van der Waals surface area contributed by atoms with Crippen LogP contribution in [0.15, 0.2) is 42.5 Å². The Morgan fingerprint density at radius 1 is 1.07 bits per heavy atom. The van der Waals surface area contributed by atoms with Crippen molar-refractivity contribution in [2.45, 2.75) is 32.1 Å². The fraction of sp³-hybridized carbons (Fsp3) is 0.318. The molecule has 28 heavy (non-hydrogen) atoms. The maximum Gasteiger partial charge on any atom is 0.248 e. The molecule has 0 atom stereocenters. The van der Waals surface area contributed by atoms with E-state index in [1.807, 2.05) is 18.2 Å². The third kappa shape index (κ3) is 4.89. The molecule has 3 N–H and O–H groups in total. The first-order chi connectivity index (χ1) is 13.6. The van der Waals surface area contributed by atoms with Crippen LogP contribution in [0.1, 0.15) is 47.2 Å². The molecule has 2 amide bonds. The van der Waals surface area contributed by atoms with E-state index in [9.17, 15) is 9.59 Å². The molecule has 6 heteroatoms. The molecule has 1 fully saturated rings. The summed E-state index contributed by atoms with van der Waals surface area (Å²) in [6.07, 6.45) is 4.33. The number of carbonyl (C=O) groups is 2. The number of hydrogen-bond donors (Lipinski definition) is 2. The number of rotatable bonds is 6. The van der Waals surface area contributed by atoms with Gasteiger partial charge in [-0.2, -0.15) is 5.26 Å². The SMILES string of the molecule is N#Cc1ccc(CCC(=O)Nc2cc(C(N)=O)ccc2N2CCCCC2)cc1. The highest BCUT2D eigenvalue weighted by Gasteiger charge is 2.17. The lowest BCUT2D eigenvalue weighted by molar-refractivity contribution is -0.116. The number of benzene rings is 2. The number of nitrogens with zero attached hydrogens (tertiary/aromatic N) is 2. The minimum Gasteiger partial charge on any atom is -0.370 e. The summed E-state index contributed by atoms with van der Waals surface area (Å²) in [5.41, 5.74) is 8.94. The van der Waals surface area contributed by atoms with Gasteiger partial charge in [0.05, 0.1) is 23.0 Å². The first-order valence-electron chi connectivity index (χ1n) is 9.54. The van der Waals surface area contributed by atoms with Crippen molar-refractivity contribution >= 4 is 23.2 Å². The van der Waals surface area contributed by atoms with Gasteiger partial charge in [-0.3, -0.25) is 9.59 Å². The van der Waals surface area contributed by atoms with E-state index in [1.165, 1.54) is 6.42 Å². The van der Waals surface area contributed by atoms with Gasteiger partial charge in [-0.05, 0) is 61.6 Å². The Morgan fingerprint density at radius 2 is 1.79 bits per heavy atom. The molecule has 1 saturated heterocycles. The van der Waals surface area contributed by atoms with Crippen LogP contribution in [0, 0.1) is 11.3 Å². The Bertz CT molecular complexity index is 894. The first kappa shape index (κ1) is 19.4. The molecule has 3 rings (SSSR count). The van der Waals surface area contributed by atoms with Gasteiger partial charge in [0.2, 0.25) is 11.8 Å². The smallest absolute Gasteiger partial charge is 0.248 e. The highest BCUT2D eigenvalue weighted by atomic mass is 16.2. The first-order valence-corrected chi connectivity index (χ1v) is 9.54. The number of piperidine rings is 1. The summed E-state index contributed by atoms with van der Waals surface area (Å²) in [4.78, 5) is 26.3. The lowest BCUT2D eigenvalue weighted by Crippen LogP contribution is -2.30. The second-order valence-corrected chi connectivity index (χ2v) is 7.00. The van der Waals surface area contributed by atoms with Gasteiger partial charge in [0.15, 0.2) is 0 Å². The number of nitrogens with two attached hydrogens (primary N) is 1. The van der Waals surface area contributed by atoms with Crippen molar-refractivity contribution in [1.82, 2.24) is 0 Å². The Morgan fingerprint density at radius 3 is 2.43 bits per heavy atom. The van der Waals surface area contributed by atoms with Crippen LogP contribution in [0.4, 0.5) is 11.4 Å². The Kier molecular flexibility index (Phi) is 6.28. The fourth-order valence-corrected chi connectivity index (χ4v) is 3.42. The molecule has 1 heterocycles. The average Bonchev–Trinajstić information content (AvgIpc) is 2.73. The van der Waals surface area contributed by atoms with Crippen molar-refractivity contribution in [3.8, 4) is 6.07 Å². The third-order valence-corrected chi connectivity index (χ3v) is 4.98. The molecule has 6 nitrogen and oxygen atoms in total. The monoisotopic (exact) mass is 376 g/mol. The van der Waals surface area contributed by atoms with Crippen molar-refractivity contribution in [3.05, 3.63) is 59.2 Å². The van der Waals surface area contributed by atoms with Gasteiger partial charge in [0, 0.05) is 25.1 Å². The molecule has 0 bridgehead atoms. The molecule has 0 radical (unpaired) electrons. The number of aryl methyl sites for hydroxylation is 1. The van der Waals surface area contributed by atoms with E-state index in [0.29, 0.717) is 29.7 Å². The Labute approximate surface area is 164 Å². The molecule has 1 aliphatic rings. The summed E-state index contributed by atoms with van der Waals surface area (Å²) in [5, 5.41) is 11.8. The van der Waals surface area contributed by atoms with Gasteiger partial charge in [-0.1, -0.05) is 12.1 Å². The number of anilines is 2. The molecule has 1 aliphatic heterocycles. The van der Waals surface area contributed by atoms with E-state index < -0.39 is 5.91 Å². The van der Waals surface area contributed by atoms with Gasteiger partial charge in [0.25, 0.3) is 0 Å². The summed E-state index contributed by atoms with van der Waals surface area (Å²) in [5.74, 6) is -0.637. The predicted octanol–water partition coefficient (Wildman–Crippen LogP) is 3.22. The van der Waals surface area contributed by atoms with E-state index in [4.69, 9.17) is 11.0 Å². The zero-order valence-electron chi connectivity index (χ0n) is 15.8. The van der Waals surface area contributed by atoms with Crippen LogP contribution in [-0.4, -0.2) is 24.9 Å². The van der Waals surface area contributed by atoms with Gasteiger partial charge >= 0.3 is 0 Å². The fourth-order valence-electron chi connectivity index (χ4n) is 3.42. The number of amides is 2. The van der Waals surface area contributed by atoms with Crippen LogP contribution >= 0.6 is 0 Å². The largest absolute Gasteiger partial charge is 0.370 e. The Hall–Kier alpha value is -3.33. The molecule has 2 aromatic carbocycles. The van der Waals surface area contributed by atoms with Crippen LogP contribution in [0.3, 0.4) is 0 Å². The summed E-state index contributed by atoms with van der Waals surface area (Å²) in [6.45, 7) is 1.87. The average molecular weight is 376 g/mol. The summed E-state index contributed by atoms with van der Waals surface area (Å²) < 4.78 is 0. The molecule has 2 aromatic rings. The zero-order chi connectivity index (χ0) is 19.9. The second kappa shape index (κ2) is 9.05. The maximum atomic E-state index is 12.5. The van der Waals surface area contributed by atoms with Crippen LogP contribution in [0.25, 0.3) is 0 Å². The molecule has 0 spiro atoms. The minimum atomic E-state index is -0.515. The van der Waals surface area contributed by atoms with Gasteiger partial charge in [-0.25, -0.2) is 0 Å². The summed E-state index contributed by atoms with van der Waals surface area (Å²) >= 11 is 0. The predicted molar refractivity (Wildman–Crippen MR) is 109 cm³/mol. The summed E-state index contributed by atoms with van der Waals surface area (Å²) in [7, 11) is 0. The number of hydrogen-bond acceptors (Lipinski definition) is 4. The quantitative estimate of drug-likeness (QED) is 0.808. The molecular weight excluding hydrogens is 352 g/mol. The van der Waals surface area contributed by atoms with Crippen LogP contribution in [-0.2, 0) is 11.2 Å². The van der Waals surface area contributed by atoms with Crippen molar-refractivity contribution in [1.29, 1.82) is 5.26 Å².